The number of ether oxygens (including phenoxy) is 3. The number of benzene rings is 2. The van der Waals surface area contributed by atoms with Crippen LogP contribution < -0.4 is 19.8 Å². The van der Waals surface area contributed by atoms with Crippen molar-refractivity contribution in [3.05, 3.63) is 81.8 Å². The van der Waals surface area contributed by atoms with Crippen molar-refractivity contribution in [2.75, 3.05) is 14.2 Å². The number of rotatable bonds is 6. The number of aromatic nitrogens is 2. The van der Waals surface area contributed by atoms with E-state index in [1.807, 2.05) is 56.3 Å². The van der Waals surface area contributed by atoms with Crippen molar-refractivity contribution in [3.8, 4) is 28.5 Å². The Labute approximate surface area is 180 Å². The van der Waals surface area contributed by atoms with Gasteiger partial charge in [-0.1, -0.05) is 30.3 Å². The maximum Gasteiger partial charge on any atom is 0.261 e. The first kappa shape index (κ1) is 20.5. The number of pyridine rings is 2. The highest BCUT2D eigenvalue weighted by atomic mass is 16.5. The van der Waals surface area contributed by atoms with Gasteiger partial charge in [0.05, 0.1) is 25.3 Å². The Kier molecular flexibility index (Phi) is 5.62. The summed E-state index contributed by atoms with van der Waals surface area (Å²) in [6.45, 7) is 4.48. The summed E-state index contributed by atoms with van der Waals surface area (Å²) in [7, 11) is 3.10. The van der Waals surface area contributed by atoms with Crippen LogP contribution in [0.5, 0.6) is 17.4 Å². The molecule has 4 aromatic rings. The molecule has 0 aliphatic heterocycles. The highest BCUT2D eigenvalue weighted by Crippen LogP contribution is 2.42. The maximum atomic E-state index is 12.5. The number of aryl methyl sites for hydroxylation is 2. The van der Waals surface area contributed by atoms with Crippen molar-refractivity contribution in [2.24, 2.45) is 0 Å². The summed E-state index contributed by atoms with van der Waals surface area (Å²) in [4.78, 5) is 19.7. The number of H-pyrrole nitrogens is 1. The third kappa shape index (κ3) is 3.84. The molecular formula is C25H24N2O4. The first-order valence-electron chi connectivity index (χ1n) is 9.95. The minimum Gasteiger partial charge on any atom is -0.495 e. The van der Waals surface area contributed by atoms with E-state index < -0.39 is 0 Å². The van der Waals surface area contributed by atoms with Crippen LogP contribution in [-0.4, -0.2) is 24.2 Å². The third-order valence-electron chi connectivity index (χ3n) is 5.20. The lowest BCUT2D eigenvalue weighted by atomic mass is 9.98. The minimum absolute atomic E-state index is 0.262. The number of hydrogen-bond acceptors (Lipinski definition) is 5. The number of fused-ring (bicyclic) bond motifs is 1. The third-order valence-corrected chi connectivity index (χ3v) is 5.20. The summed E-state index contributed by atoms with van der Waals surface area (Å²) in [6.07, 6.45) is 1.56. The monoisotopic (exact) mass is 416 g/mol. The van der Waals surface area contributed by atoms with Gasteiger partial charge in [-0.25, -0.2) is 4.98 Å². The lowest BCUT2D eigenvalue weighted by Gasteiger charge is -2.18. The minimum atomic E-state index is -0.262. The molecular weight excluding hydrogens is 392 g/mol. The van der Waals surface area contributed by atoms with Crippen molar-refractivity contribution >= 4 is 10.9 Å². The van der Waals surface area contributed by atoms with E-state index >= 15 is 0 Å². The summed E-state index contributed by atoms with van der Waals surface area (Å²) in [5.74, 6) is 1.66. The largest absolute Gasteiger partial charge is 0.495 e. The molecule has 0 saturated carbocycles. The van der Waals surface area contributed by atoms with Gasteiger partial charge in [-0.15, -0.1) is 0 Å². The molecule has 0 aliphatic rings. The summed E-state index contributed by atoms with van der Waals surface area (Å²) in [5.41, 5.74) is 4.77. The van der Waals surface area contributed by atoms with Crippen LogP contribution in [0.3, 0.4) is 0 Å². The predicted molar refractivity (Wildman–Crippen MR) is 121 cm³/mol. The summed E-state index contributed by atoms with van der Waals surface area (Å²) >= 11 is 0. The van der Waals surface area contributed by atoms with Gasteiger partial charge in [0.25, 0.3) is 5.56 Å². The summed E-state index contributed by atoms with van der Waals surface area (Å²) < 4.78 is 17.4. The van der Waals surface area contributed by atoms with Gasteiger partial charge in [0.2, 0.25) is 5.88 Å². The van der Waals surface area contributed by atoms with E-state index in [1.54, 1.807) is 26.5 Å². The van der Waals surface area contributed by atoms with Crippen LogP contribution in [-0.2, 0) is 6.61 Å². The first-order chi connectivity index (χ1) is 15.0. The zero-order chi connectivity index (χ0) is 22.0. The number of methoxy groups -OCH3 is 2. The zero-order valence-electron chi connectivity index (χ0n) is 18.0. The number of nitrogens with zero attached hydrogens (tertiary/aromatic N) is 1. The predicted octanol–water partition coefficient (Wildman–Crippen LogP) is 4.80. The number of aromatic amines is 1. The van der Waals surface area contributed by atoms with Gasteiger partial charge in [0, 0.05) is 6.20 Å². The molecule has 0 amide bonds. The van der Waals surface area contributed by atoms with E-state index in [1.165, 1.54) is 0 Å². The van der Waals surface area contributed by atoms with Crippen LogP contribution in [0.15, 0.2) is 59.5 Å². The molecule has 0 bridgehead atoms. The molecule has 31 heavy (non-hydrogen) atoms. The molecule has 0 fully saturated rings. The second-order valence-electron chi connectivity index (χ2n) is 7.31. The molecule has 6 nitrogen and oxygen atoms in total. The Morgan fingerprint density at radius 3 is 2.29 bits per heavy atom. The van der Waals surface area contributed by atoms with Gasteiger partial charge in [-0.05, 0) is 54.3 Å². The van der Waals surface area contributed by atoms with Crippen LogP contribution in [0.2, 0.25) is 0 Å². The van der Waals surface area contributed by atoms with Gasteiger partial charge in [0.15, 0.2) is 0 Å². The molecule has 1 N–H and O–H groups in total. The molecule has 2 aromatic carbocycles. The fraction of sp³-hybridized carbons (Fsp3) is 0.200. The van der Waals surface area contributed by atoms with Crippen LogP contribution in [0.1, 0.15) is 16.7 Å². The molecule has 0 radical (unpaired) electrons. The zero-order valence-corrected chi connectivity index (χ0v) is 18.0. The molecule has 0 saturated heterocycles. The topological polar surface area (TPSA) is 73.4 Å². The highest BCUT2D eigenvalue weighted by Gasteiger charge is 2.22. The van der Waals surface area contributed by atoms with Crippen molar-refractivity contribution in [1.82, 2.24) is 9.97 Å². The average molecular weight is 416 g/mol. The normalized spacial score (nSPS) is 10.8. The van der Waals surface area contributed by atoms with E-state index in [4.69, 9.17) is 14.2 Å². The Morgan fingerprint density at radius 1 is 0.935 bits per heavy atom. The van der Waals surface area contributed by atoms with Crippen molar-refractivity contribution in [1.29, 1.82) is 0 Å². The Bertz CT molecular complexity index is 1270. The van der Waals surface area contributed by atoms with Gasteiger partial charge in [-0.2, -0.15) is 0 Å². The second kappa shape index (κ2) is 8.52. The van der Waals surface area contributed by atoms with Crippen LogP contribution in [0, 0.1) is 13.8 Å². The van der Waals surface area contributed by atoms with E-state index in [-0.39, 0.29) is 5.56 Å². The Hall–Kier alpha value is -3.80. The molecule has 2 heterocycles. The number of nitrogens with one attached hydrogen (secondary N) is 1. The lowest BCUT2D eigenvalue weighted by Crippen LogP contribution is -2.09. The van der Waals surface area contributed by atoms with E-state index in [2.05, 4.69) is 9.97 Å². The van der Waals surface area contributed by atoms with Gasteiger partial charge < -0.3 is 19.2 Å². The Morgan fingerprint density at radius 2 is 1.65 bits per heavy atom. The standard InChI is InChI=1S/C25H24N2O4/c1-15-12-18(13-16(2)22(15)31-14-17-8-6-5-7-9-17)20-23(29-3)21-19(27-25(20)30-4)10-11-26-24(21)28/h5-13H,14H2,1-4H3,(H,26,28). The Balaban J connectivity index is 1.83. The molecule has 0 spiro atoms. The van der Waals surface area contributed by atoms with Crippen molar-refractivity contribution in [2.45, 2.75) is 20.5 Å². The van der Waals surface area contributed by atoms with Crippen LogP contribution in [0.4, 0.5) is 0 Å². The van der Waals surface area contributed by atoms with Crippen molar-refractivity contribution < 1.29 is 14.2 Å². The maximum absolute atomic E-state index is 12.5. The quantitative estimate of drug-likeness (QED) is 0.489. The number of hydrogen-bond donors (Lipinski definition) is 1. The smallest absolute Gasteiger partial charge is 0.261 e. The van der Waals surface area contributed by atoms with Crippen LogP contribution >= 0.6 is 0 Å². The molecule has 0 unspecified atom stereocenters. The van der Waals surface area contributed by atoms with Gasteiger partial charge in [-0.3, -0.25) is 4.79 Å². The van der Waals surface area contributed by atoms with Crippen molar-refractivity contribution in [3.63, 3.8) is 0 Å². The van der Waals surface area contributed by atoms with Crippen LogP contribution in [0.25, 0.3) is 22.0 Å². The highest BCUT2D eigenvalue weighted by molar-refractivity contribution is 5.94. The summed E-state index contributed by atoms with van der Waals surface area (Å²) in [5, 5.41) is 0.389. The average Bonchev–Trinajstić information content (AvgIpc) is 2.78. The summed E-state index contributed by atoms with van der Waals surface area (Å²) in [6, 6.07) is 15.8. The van der Waals surface area contributed by atoms with Gasteiger partial charge in [0.1, 0.15) is 23.5 Å². The van der Waals surface area contributed by atoms with E-state index in [9.17, 15) is 4.79 Å². The fourth-order valence-electron chi connectivity index (χ4n) is 3.83. The lowest BCUT2D eigenvalue weighted by molar-refractivity contribution is 0.302. The fourth-order valence-corrected chi connectivity index (χ4v) is 3.83. The molecule has 158 valence electrons. The SMILES string of the molecule is COc1nc2cc[nH]c(=O)c2c(OC)c1-c1cc(C)c(OCc2ccccc2)c(C)c1. The molecule has 0 atom stereocenters. The molecule has 4 rings (SSSR count). The van der Waals surface area contributed by atoms with E-state index in [0.717, 1.165) is 28.0 Å². The van der Waals surface area contributed by atoms with E-state index in [0.29, 0.717) is 34.7 Å². The molecule has 0 aliphatic carbocycles. The van der Waals surface area contributed by atoms with Gasteiger partial charge >= 0.3 is 0 Å². The molecule has 6 heteroatoms. The first-order valence-corrected chi connectivity index (χ1v) is 9.95. The molecule has 2 aromatic heterocycles. The second-order valence-corrected chi connectivity index (χ2v) is 7.31.